The van der Waals surface area contributed by atoms with Crippen molar-refractivity contribution in [2.75, 3.05) is 51.4 Å². The molecule has 3 rings (SSSR count). The summed E-state index contributed by atoms with van der Waals surface area (Å²) in [6.07, 6.45) is 9.59. The summed E-state index contributed by atoms with van der Waals surface area (Å²) in [5.41, 5.74) is 1.95. The van der Waals surface area contributed by atoms with Gasteiger partial charge in [-0.2, -0.15) is 0 Å². The van der Waals surface area contributed by atoms with Crippen LogP contribution in [-0.2, 0) is 20.3 Å². The van der Waals surface area contributed by atoms with Crippen molar-refractivity contribution >= 4 is 10.8 Å². The van der Waals surface area contributed by atoms with Crippen LogP contribution in [0, 0.1) is 10.8 Å². The molecule has 0 aromatic heterocycles. The fourth-order valence-electron chi connectivity index (χ4n) is 3.79. The Bertz CT molecular complexity index is 586. The minimum atomic E-state index is -0.553. The molecule has 0 bridgehead atoms. The van der Waals surface area contributed by atoms with Crippen LogP contribution in [0.2, 0.25) is 0 Å². The van der Waals surface area contributed by atoms with E-state index in [9.17, 15) is 4.21 Å². The zero-order chi connectivity index (χ0) is 24.2. The number of nitrogens with one attached hydrogen (secondary N) is 1. The van der Waals surface area contributed by atoms with Crippen LogP contribution in [-0.4, -0.2) is 72.7 Å². The van der Waals surface area contributed by atoms with Crippen LogP contribution in [0.25, 0.3) is 0 Å². The van der Waals surface area contributed by atoms with Gasteiger partial charge in [-0.25, -0.2) is 0 Å². The first kappa shape index (κ1) is 29.3. The van der Waals surface area contributed by atoms with Gasteiger partial charge >= 0.3 is 0 Å². The standard InChI is InChI=1S/C12H23NO2S.C12H21NO.C2H6/c1-11(2)15-10-12(3-4-12)9-13-5-7-16(14)8-6-13;1-5-6-11(13-4)12(7-8-12)9-14-10(2)3;1-2/h11H,3-10H2,1-2H3;5-6,10,13H,1,7-9H2,2-4H3;1-2H3/b;11-6-;. The first-order valence-electron chi connectivity index (χ1n) is 12.6. The molecule has 1 N–H and O–H groups in total. The highest BCUT2D eigenvalue weighted by atomic mass is 32.2. The molecule has 0 aromatic rings. The summed E-state index contributed by atoms with van der Waals surface area (Å²) in [6.45, 7) is 21.0. The van der Waals surface area contributed by atoms with E-state index in [4.69, 9.17) is 9.47 Å². The van der Waals surface area contributed by atoms with Gasteiger partial charge in [-0.3, -0.25) is 4.21 Å². The van der Waals surface area contributed by atoms with E-state index in [1.807, 2.05) is 27.0 Å². The molecule has 0 spiro atoms. The Balaban J connectivity index is 0.000000300. The quantitative estimate of drug-likeness (QED) is 0.441. The first-order chi connectivity index (χ1) is 15.2. The fourth-order valence-corrected chi connectivity index (χ4v) is 4.92. The smallest absolute Gasteiger partial charge is 0.0580 e. The number of allylic oxidation sites excluding steroid dienone is 2. The van der Waals surface area contributed by atoms with Crippen molar-refractivity contribution in [2.24, 2.45) is 10.8 Å². The van der Waals surface area contributed by atoms with Gasteiger partial charge in [0.05, 0.1) is 25.4 Å². The van der Waals surface area contributed by atoms with Crippen LogP contribution in [0.3, 0.4) is 0 Å². The van der Waals surface area contributed by atoms with Crippen LogP contribution in [0.1, 0.15) is 67.2 Å². The third kappa shape index (κ3) is 10.5. The molecule has 32 heavy (non-hydrogen) atoms. The average molecular weight is 471 g/mol. The SMILES string of the molecule is C=C/C=C(\NC)C1(COC(C)C)CC1.CC.CC(C)OCC1(CN2CCS(=O)CC2)CC1. The molecule has 0 atom stereocenters. The van der Waals surface area contributed by atoms with E-state index in [-0.39, 0.29) is 5.41 Å². The summed E-state index contributed by atoms with van der Waals surface area (Å²) in [6, 6.07) is 0. The molecule has 5 nitrogen and oxygen atoms in total. The van der Waals surface area contributed by atoms with Gasteiger partial charge in [0, 0.05) is 65.5 Å². The highest BCUT2D eigenvalue weighted by Gasteiger charge is 2.46. The molecule has 0 amide bonds. The van der Waals surface area contributed by atoms with Crippen LogP contribution in [0.5, 0.6) is 0 Å². The minimum absolute atomic E-state index is 0.257. The second-order valence-electron chi connectivity index (χ2n) is 9.69. The maximum atomic E-state index is 11.3. The number of hydrogen-bond acceptors (Lipinski definition) is 5. The lowest BCUT2D eigenvalue weighted by Gasteiger charge is -2.30. The molecule has 3 aliphatic rings. The molecular weight excluding hydrogens is 420 g/mol. The Kier molecular flexibility index (Phi) is 13.3. The molecule has 3 fully saturated rings. The second kappa shape index (κ2) is 14.5. The van der Waals surface area contributed by atoms with Gasteiger partial charge in [0.15, 0.2) is 0 Å². The fraction of sp³-hybridized carbons (Fsp3) is 0.846. The molecule has 6 heteroatoms. The van der Waals surface area contributed by atoms with Gasteiger partial charge in [0.1, 0.15) is 0 Å². The van der Waals surface area contributed by atoms with Crippen LogP contribution in [0.15, 0.2) is 24.4 Å². The van der Waals surface area contributed by atoms with Crippen molar-refractivity contribution in [1.82, 2.24) is 10.2 Å². The lowest BCUT2D eigenvalue weighted by molar-refractivity contribution is 0.0320. The van der Waals surface area contributed by atoms with Gasteiger partial charge in [0.2, 0.25) is 0 Å². The molecule has 1 heterocycles. The van der Waals surface area contributed by atoms with Gasteiger partial charge in [0.25, 0.3) is 0 Å². The van der Waals surface area contributed by atoms with Crippen molar-refractivity contribution in [3.63, 3.8) is 0 Å². The Morgan fingerprint density at radius 1 is 1.03 bits per heavy atom. The molecule has 1 saturated heterocycles. The predicted molar refractivity (Wildman–Crippen MR) is 139 cm³/mol. The third-order valence-electron chi connectivity index (χ3n) is 6.18. The molecular formula is C26H50N2O3S. The van der Waals surface area contributed by atoms with E-state index >= 15 is 0 Å². The Labute approximate surface area is 200 Å². The molecule has 0 radical (unpaired) electrons. The lowest BCUT2D eigenvalue weighted by atomic mass is 10.0. The monoisotopic (exact) mass is 470 g/mol. The molecule has 2 aliphatic carbocycles. The maximum Gasteiger partial charge on any atom is 0.0580 e. The molecule has 0 aromatic carbocycles. The van der Waals surface area contributed by atoms with Crippen molar-refractivity contribution in [2.45, 2.75) is 79.4 Å². The number of rotatable bonds is 11. The predicted octanol–water partition coefficient (Wildman–Crippen LogP) is 4.76. The van der Waals surface area contributed by atoms with E-state index < -0.39 is 10.8 Å². The van der Waals surface area contributed by atoms with E-state index in [2.05, 4.69) is 50.6 Å². The summed E-state index contributed by atoms with van der Waals surface area (Å²) in [7, 11) is 1.41. The van der Waals surface area contributed by atoms with Crippen molar-refractivity contribution < 1.29 is 13.7 Å². The highest BCUT2D eigenvalue weighted by Crippen LogP contribution is 2.51. The Morgan fingerprint density at radius 3 is 1.97 bits per heavy atom. The Hall–Kier alpha value is -0.690. The van der Waals surface area contributed by atoms with Crippen LogP contribution < -0.4 is 5.32 Å². The average Bonchev–Trinajstić information content (AvgIpc) is 3.70. The summed E-state index contributed by atoms with van der Waals surface area (Å²) in [5, 5.41) is 3.24. The van der Waals surface area contributed by atoms with Gasteiger partial charge in [-0.1, -0.05) is 26.5 Å². The van der Waals surface area contributed by atoms with Crippen molar-refractivity contribution in [1.29, 1.82) is 0 Å². The third-order valence-corrected chi connectivity index (χ3v) is 7.46. The summed E-state index contributed by atoms with van der Waals surface area (Å²) in [4.78, 5) is 2.47. The number of hydrogen-bond donors (Lipinski definition) is 1. The first-order valence-corrected chi connectivity index (χ1v) is 14.0. The van der Waals surface area contributed by atoms with Gasteiger partial charge < -0.3 is 19.7 Å². The van der Waals surface area contributed by atoms with Crippen molar-refractivity contribution in [3.8, 4) is 0 Å². The summed E-state index contributed by atoms with van der Waals surface area (Å²) in [5.74, 6) is 1.72. The zero-order valence-corrected chi connectivity index (χ0v) is 22.7. The van der Waals surface area contributed by atoms with E-state index in [0.29, 0.717) is 17.6 Å². The number of ether oxygens (including phenoxy) is 2. The Morgan fingerprint density at radius 2 is 1.56 bits per heavy atom. The minimum Gasteiger partial charge on any atom is -0.391 e. The summed E-state index contributed by atoms with van der Waals surface area (Å²) >= 11 is 0. The largest absolute Gasteiger partial charge is 0.391 e. The van der Waals surface area contributed by atoms with E-state index in [0.717, 1.165) is 44.4 Å². The normalized spacial score (nSPS) is 21.8. The topological polar surface area (TPSA) is 50.8 Å². The number of nitrogens with zero attached hydrogens (tertiary/aromatic N) is 1. The summed E-state index contributed by atoms with van der Waals surface area (Å²) < 4.78 is 22.7. The molecule has 0 unspecified atom stereocenters. The van der Waals surface area contributed by atoms with Crippen molar-refractivity contribution in [3.05, 3.63) is 24.4 Å². The maximum absolute atomic E-state index is 11.3. The highest BCUT2D eigenvalue weighted by molar-refractivity contribution is 7.85. The zero-order valence-electron chi connectivity index (χ0n) is 21.9. The van der Waals surface area contributed by atoms with E-state index in [1.54, 1.807) is 0 Å². The lowest BCUT2D eigenvalue weighted by Crippen LogP contribution is -2.42. The van der Waals surface area contributed by atoms with Gasteiger partial charge in [-0.15, -0.1) is 0 Å². The molecule has 1 aliphatic heterocycles. The van der Waals surface area contributed by atoms with Crippen LogP contribution >= 0.6 is 0 Å². The van der Waals surface area contributed by atoms with Crippen LogP contribution in [0.4, 0.5) is 0 Å². The van der Waals surface area contributed by atoms with E-state index in [1.165, 1.54) is 31.4 Å². The second-order valence-corrected chi connectivity index (χ2v) is 11.4. The molecule has 2 saturated carbocycles. The van der Waals surface area contributed by atoms with Gasteiger partial charge in [-0.05, 0) is 59.5 Å². The molecule has 188 valence electrons.